The average Bonchev–Trinajstić information content (AvgIpc) is 3.14. The maximum Gasteiger partial charge on any atom is 0.249 e. The van der Waals surface area contributed by atoms with Crippen LogP contribution in [-0.2, 0) is 0 Å². The lowest BCUT2D eigenvalue weighted by atomic mass is 9.99. The Bertz CT molecular complexity index is 1180. The van der Waals surface area contributed by atoms with Crippen LogP contribution in [0.4, 0.5) is 0 Å². The highest BCUT2D eigenvalue weighted by Gasteiger charge is 2.10. The van der Waals surface area contributed by atoms with Gasteiger partial charge >= 0.3 is 0 Å². The predicted octanol–water partition coefficient (Wildman–Crippen LogP) is 5.22. The number of nitrogens with two attached hydrogens (primary N) is 1. The van der Waals surface area contributed by atoms with Gasteiger partial charge in [-0.1, -0.05) is 42.5 Å². The largest absolute Gasteiger partial charge is 0.366 e. The zero-order chi connectivity index (χ0) is 19.5. The number of primary amides is 1. The van der Waals surface area contributed by atoms with Gasteiger partial charge in [0.2, 0.25) is 5.91 Å². The van der Waals surface area contributed by atoms with E-state index in [1.54, 1.807) is 17.8 Å². The number of amides is 1. The number of imidazole rings is 1. The molecule has 0 unspecified atom stereocenters. The first-order valence-electron chi connectivity index (χ1n) is 8.85. The van der Waals surface area contributed by atoms with Crippen molar-refractivity contribution >= 4 is 40.9 Å². The van der Waals surface area contributed by atoms with Crippen molar-refractivity contribution in [2.75, 3.05) is 6.26 Å². The number of nitrogens with zero attached hydrogens (tertiary/aromatic N) is 1. The number of aromatic nitrogens is 2. The van der Waals surface area contributed by atoms with Crippen LogP contribution >= 0.6 is 11.8 Å². The first-order chi connectivity index (χ1) is 13.6. The molecule has 28 heavy (non-hydrogen) atoms. The Hall–Kier alpha value is -3.31. The third kappa shape index (κ3) is 3.70. The fourth-order valence-electron chi connectivity index (χ4n) is 3.11. The van der Waals surface area contributed by atoms with Crippen molar-refractivity contribution in [1.29, 1.82) is 0 Å². The summed E-state index contributed by atoms with van der Waals surface area (Å²) < 4.78 is 0. The van der Waals surface area contributed by atoms with Gasteiger partial charge in [-0.2, -0.15) is 0 Å². The van der Waals surface area contributed by atoms with E-state index in [4.69, 9.17) is 5.73 Å². The van der Waals surface area contributed by atoms with Crippen molar-refractivity contribution in [3.63, 3.8) is 0 Å². The summed E-state index contributed by atoms with van der Waals surface area (Å²) in [4.78, 5) is 20.9. The Morgan fingerprint density at radius 1 is 1.04 bits per heavy atom. The molecule has 0 radical (unpaired) electrons. The van der Waals surface area contributed by atoms with E-state index in [9.17, 15) is 4.79 Å². The number of benzene rings is 3. The second kappa shape index (κ2) is 7.74. The molecule has 0 aliphatic heterocycles. The average molecular weight is 385 g/mol. The van der Waals surface area contributed by atoms with Crippen LogP contribution in [0.3, 0.4) is 0 Å². The number of hydrogen-bond donors (Lipinski definition) is 2. The molecule has 0 bridgehead atoms. The molecule has 4 aromatic rings. The molecule has 1 amide bonds. The number of nitrogens with one attached hydrogen (secondary N) is 1. The van der Waals surface area contributed by atoms with E-state index < -0.39 is 5.91 Å². The maximum atomic E-state index is 11.7. The lowest BCUT2D eigenvalue weighted by molar-refractivity contribution is 0.100. The van der Waals surface area contributed by atoms with Gasteiger partial charge in [-0.05, 0) is 59.4 Å². The quantitative estimate of drug-likeness (QED) is 0.463. The van der Waals surface area contributed by atoms with Gasteiger partial charge in [0, 0.05) is 10.5 Å². The number of H-pyrrole nitrogens is 1. The molecular weight excluding hydrogens is 366 g/mol. The zero-order valence-electron chi connectivity index (χ0n) is 15.3. The van der Waals surface area contributed by atoms with Crippen LogP contribution in [0.5, 0.6) is 0 Å². The monoisotopic (exact) mass is 385 g/mol. The zero-order valence-corrected chi connectivity index (χ0v) is 16.2. The molecule has 1 heterocycles. The molecular formula is C23H19N3OS. The van der Waals surface area contributed by atoms with Gasteiger partial charge < -0.3 is 10.7 Å². The summed E-state index contributed by atoms with van der Waals surface area (Å²) in [6.45, 7) is 0. The van der Waals surface area contributed by atoms with Gasteiger partial charge in [0.1, 0.15) is 5.82 Å². The number of aromatic amines is 1. The second-order valence-electron chi connectivity index (χ2n) is 6.37. The van der Waals surface area contributed by atoms with Gasteiger partial charge in [-0.15, -0.1) is 11.8 Å². The third-order valence-corrected chi connectivity index (χ3v) is 5.30. The summed E-state index contributed by atoms with van der Waals surface area (Å²) in [5, 5.41) is 0. The van der Waals surface area contributed by atoms with Crippen molar-refractivity contribution < 1.29 is 4.79 Å². The molecule has 4 nitrogen and oxygen atoms in total. The maximum absolute atomic E-state index is 11.7. The van der Waals surface area contributed by atoms with Gasteiger partial charge in [-0.3, -0.25) is 4.79 Å². The van der Waals surface area contributed by atoms with Crippen molar-refractivity contribution in [3.8, 4) is 11.1 Å². The molecule has 0 spiro atoms. The SMILES string of the molecule is CSc1ccc(/C=C/c2nc3cc(-c4ccccc4C(N)=O)ccc3[nH]2)cc1. The number of hydrogen-bond acceptors (Lipinski definition) is 3. The lowest BCUT2D eigenvalue weighted by Gasteiger charge is -2.06. The summed E-state index contributed by atoms with van der Waals surface area (Å²) >= 11 is 1.73. The lowest BCUT2D eigenvalue weighted by Crippen LogP contribution is -2.12. The number of carbonyl (C=O) groups excluding carboxylic acids is 1. The van der Waals surface area contributed by atoms with Crippen LogP contribution < -0.4 is 5.73 Å². The Kier molecular flexibility index (Phi) is 5.00. The Labute approximate surface area is 167 Å². The Balaban J connectivity index is 1.65. The minimum absolute atomic E-state index is 0.436. The van der Waals surface area contributed by atoms with Crippen molar-refractivity contribution in [3.05, 3.63) is 83.7 Å². The summed E-state index contributed by atoms with van der Waals surface area (Å²) in [7, 11) is 0. The molecule has 3 N–H and O–H groups in total. The van der Waals surface area contributed by atoms with Crippen molar-refractivity contribution in [2.24, 2.45) is 5.73 Å². The molecule has 0 aliphatic rings. The van der Waals surface area contributed by atoms with E-state index in [1.807, 2.05) is 48.6 Å². The molecule has 0 atom stereocenters. The van der Waals surface area contributed by atoms with Crippen molar-refractivity contribution in [1.82, 2.24) is 9.97 Å². The number of fused-ring (bicyclic) bond motifs is 1. The van der Waals surface area contributed by atoms with Gasteiger partial charge in [-0.25, -0.2) is 4.98 Å². The van der Waals surface area contributed by atoms with Crippen LogP contribution in [-0.4, -0.2) is 22.1 Å². The fourth-order valence-corrected chi connectivity index (χ4v) is 3.52. The number of carbonyl (C=O) groups is 1. The molecule has 138 valence electrons. The minimum Gasteiger partial charge on any atom is -0.366 e. The first kappa shape index (κ1) is 18.1. The van der Waals surface area contributed by atoms with Gasteiger partial charge in [0.05, 0.1) is 11.0 Å². The van der Waals surface area contributed by atoms with E-state index in [0.717, 1.165) is 33.5 Å². The molecule has 3 aromatic carbocycles. The van der Waals surface area contributed by atoms with E-state index in [0.29, 0.717) is 5.56 Å². The smallest absolute Gasteiger partial charge is 0.249 e. The summed E-state index contributed by atoms with van der Waals surface area (Å²) in [5.41, 5.74) is 10.6. The third-order valence-electron chi connectivity index (χ3n) is 4.55. The molecule has 4 rings (SSSR count). The van der Waals surface area contributed by atoms with Gasteiger partial charge in [0.25, 0.3) is 0 Å². The van der Waals surface area contributed by atoms with Crippen LogP contribution in [0.2, 0.25) is 0 Å². The number of thioether (sulfide) groups is 1. The molecule has 5 heteroatoms. The molecule has 0 saturated carbocycles. The summed E-state index contributed by atoms with van der Waals surface area (Å²) in [6.07, 6.45) is 6.06. The van der Waals surface area contributed by atoms with Crippen molar-refractivity contribution in [2.45, 2.75) is 4.90 Å². The molecule has 1 aromatic heterocycles. The van der Waals surface area contributed by atoms with E-state index in [1.165, 1.54) is 4.90 Å². The second-order valence-corrected chi connectivity index (χ2v) is 7.25. The Morgan fingerprint density at radius 3 is 2.57 bits per heavy atom. The summed E-state index contributed by atoms with van der Waals surface area (Å²) in [5.74, 6) is 0.345. The molecule has 0 saturated heterocycles. The highest BCUT2D eigenvalue weighted by molar-refractivity contribution is 7.98. The van der Waals surface area contributed by atoms with Crippen LogP contribution in [0.25, 0.3) is 34.3 Å². The first-order valence-corrected chi connectivity index (χ1v) is 10.1. The topological polar surface area (TPSA) is 71.8 Å². The predicted molar refractivity (Wildman–Crippen MR) is 117 cm³/mol. The summed E-state index contributed by atoms with van der Waals surface area (Å²) in [6, 6.07) is 21.6. The number of rotatable bonds is 5. The van der Waals surface area contributed by atoms with Crippen LogP contribution in [0, 0.1) is 0 Å². The highest BCUT2D eigenvalue weighted by atomic mass is 32.2. The standard InChI is InChI=1S/C23H19N3OS/c1-28-17-10-6-15(7-11-17)8-13-22-25-20-12-9-16(14-21(20)26-22)18-4-2-3-5-19(18)23(24)27/h2-14H,1H3,(H2,24,27)(H,25,26)/b13-8+. The van der Waals surface area contributed by atoms with Crippen LogP contribution in [0.1, 0.15) is 21.7 Å². The normalized spacial score (nSPS) is 11.3. The van der Waals surface area contributed by atoms with Crippen LogP contribution in [0.15, 0.2) is 71.6 Å². The van der Waals surface area contributed by atoms with E-state index in [-0.39, 0.29) is 0 Å². The minimum atomic E-state index is -0.436. The molecule has 0 fully saturated rings. The molecule has 0 aliphatic carbocycles. The van der Waals surface area contributed by atoms with E-state index in [2.05, 4.69) is 40.5 Å². The fraction of sp³-hybridized carbons (Fsp3) is 0.0435. The van der Waals surface area contributed by atoms with Gasteiger partial charge in [0.15, 0.2) is 0 Å². The van der Waals surface area contributed by atoms with E-state index >= 15 is 0 Å². The highest BCUT2D eigenvalue weighted by Crippen LogP contribution is 2.26. The Morgan fingerprint density at radius 2 is 1.82 bits per heavy atom.